The molecule has 1 fully saturated rings. The minimum absolute atomic E-state index is 0.00492. The third-order valence-electron chi connectivity index (χ3n) is 7.46. The third-order valence-corrected chi connectivity index (χ3v) is 9.24. The molecule has 0 heterocycles. The predicted molar refractivity (Wildman–Crippen MR) is 146 cm³/mol. The smallest absolute Gasteiger partial charge is 0.206 e. The van der Waals surface area contributed by atoms with Gasteiger partial charge in [0.1, 0.15) is 17.2 Å². The lowest BCUT2D eigenvalue weighted by Gasteiger charge is -2.38. The maximum atomic E-state index is 12.9. The molecule has 5 rings (SSSR count). The van der Waals surface area contributed by atoms with Crippen LogP contribution in [0, 0.1) is 6.92 Å². The average molecular weight is 513 g/mol. The van der Waals surface area contributed by atoms with Gasteiger partial charge in [-0.2, -0.15) is 0 Å². The first kappa shape index (κ1) is 25.1. The van der Waals surface area contributed by atoms with Crippen LogP contribution in [0.2, 0.25) is 0 Å². The van der Waals surface area contributed by atoms with Gasteiger partial charge in [0.05, 0.1) is 16.9 Å². The van der Waals surface area contributed by atoms with Crippen molar-refractivity contribution in [3.05, 3.63) is 114 Å². The Morgan fingerprint density at radius 2 is 1.03 bits per heavy atom. The second kappa shape index (κ2) is 10.4. The lowest BCUT2D eigenvalue weighted by molar-refractivity contribution is 0.345. The molecule has 1 aliphatic rings. The van der Waals surface area contributed by atoms with E-state index in [1.54, 1.807) is 55.6 Å². The number of aryl methyl sites for hydroxylation is 1. The summed E-state index contributed by atoms with van der Waals surface area (Å²) in [5, 5.41) is 0. The standard InChI is InChI=1S/C32H32O4S/c1-24-6-18-30(19-7-24)37(33,34)31-20-16-29(17-21-31)36-28-14-10-26(11-15-28)32(22-4-3-5-23-32)25-8-12-27(35-2)13-9-25/h6-21H,3-5,22-23H2,1-2H3. The Bertz CT molecular complexity index is 1430. The minimum atomic E-state index is -3.56. The summed E-state index contributed by atoms with van der Waals surface area (Å²) in [6, 6.07) is 30.3. The van der Waals surface area contributed by atoms with Crippen molar-refractivity contribution in [2.45, 2.75) is 54.2 Å². The number of rotatable bonds is 7. The van der Waals surface area contributed by atoms with Crippen LogP contribution in [0.5, 0.6) is 17.2 Å². The fourth-order valence-electron chi connectivity index (χ4n) is 5.33. The Hall–Kier alpha value is -3.57. The summed E-state index contributed by atoms with van der Waals surface area (Å²) in [6.45, 7) is 1.93. The second-order valence-electron chi connectivity index (χ2n) is 9.79. The average Bonchev–Trinajstić information content (AvgIpc) is 2.94. The van der Waals surface area contributed by atoms with Gasteiger partial charge in [0.2, 0.25) is 9.84 Å². The monoisotopic (exact) mass is 512 g/mol. The van der Waals surface area contributed by atoms with Gasteiger partial charge >= 0.3 is 0 Å². The molecule has 0 atom stereocenters. The van der Waals surface area contributed by atoms with E-state index in [4.69, 9.17) is 9.47 Å². The van der Waals surface area contributed by atoms with Crippen LogP contribution < -0.4 is 9.47 Å². The summed E-state index contributed by atoms with van der Waals surface area (Å²) in [5.41, 5.74) is 3.64. The molecule has 190 valence electrons. The molecule has 0 amide bonds. The van der Waals surface area contributed by atoms with Crippen LogP contribution >= 0.6 is 0 Å². The fourth-order valence-corrected chi connectivity index (χ4v) is 6.59. The molecule has 5 heteroatoms. The summed E-state index contributed by atoms with van der Waals surface area (Å²) in [4.78, 5) is 0.536. The first-order chi connectivity index (χ1) is 17.9. The Balaban J connectivity index is 1.35. The number of hydrogen-bond donors (Lipinski definition) is 0. The molecule has 4 nitrogen and oxygen atoms in total. The number of sulfone groups is 1. The summed E-state index contributed by atoms with van der Waals surface area (Å²) in [7, 11) is -1.87. The van der Waals surface area contributed by atoms with Gasteiger partial charge in [-0.1, -0.05) is 61.2 Å². The van der Waals surface area contributed by atoms with Crippen LogP contribution in [0.4, 0.5) is 0 Å². The van der Waals surface area contributed by atoms with Crippen molar-refractivity contribution >= 4 is 9.84 Å². The maximum Gasteiger partial charge on any atom is 0.206 e. The van der Waals surface area contributed by atoms with Gasteiger partial charge in [-0.3, -0.25) is 0 Å². The van der Waals surface area contributed by atoms with Crippen LogP contribution in [0.1, 0.15) is 48.8 Å². The molecule has 4 aromatic carbocycles. The number of hydrogen-bond acceptors (Lipinski definition) is 4. The number of benzene rings is 4. The normalized spacial score (nSPS) is 15.2. The summed E-state index contributed by atoms with van der Waals surface area (Å²) in [5.74, 6) is 2.19. The van der Waals surface area contributed by atoms with Crippen LogP contribution in [0.25, 0.3) is 0 Å². The van der Waals surface area contributed by atoms with Gasteiger partial charge in [0.25, 0.3) is 0 Å². The molecule has 0 bridgehead atoms. The van der Waals surface area contributed by atoms with E-state index in [1.807, 2.05) is 31.2 Å². The summed E-state index contributed by atoms with van der Waals surface area (Å²) >= 11 is 0. The zero-order chi connectivity index (χ0) is 25.9. The van der Waals surface area contributed by atoms with Gasteiger partial charge in [-0.15, -0.1) is 0 Å². The van der Waals surface area contributed by atoms with E-state index in [1.165, 1.54) is 30.4 Å². The minimum Gasteiger partial charge on any atom is -0.497 e. The van der Waals surface area contributed by atoms with Crippen molar-refractivity contribution in [3.8, 4) is 17.2 Å². The zero-order valence-corrected chi connectivity index (χ0v) is 22.1. The SMILES string of the molecule is COc1ccc(C2(c3ccc(Oc4ccc(S(=O)(=O)c5ccc(C)cc5)cc4)cc3)CCCCC2)cc1. The Morgan fingerprint density at radius 1 is 0.595 bits per heavy atom. The third kappa shape index (κ3) is 5.14. The van der Waals surface area contributed by atoms with Gasteiger partial charge in [0, 0.05) is 5.41 Å². The lowest BCUT2D eigenvalue weighted by atomic mass is 9.65. The molecule has 0 unspecified atom stereocenters. The number of methoxy groups -OCH3 is 1. The van der Waals surface area contributed by atoms with Gasteiger partial charge in [0.15, 0.2) is 0 Å². The van der Waals surface area contributed by atoms with E-state index in [-0.39, 0.29) is 15.2 Å². The molecule has 0 aromatic heterocycles. The molecule has 1 aliphatic carbocycles. The highest BCUT2D eigenvalue weighted by molar-refractivity contribution is 7.91. The van der Waals surface area contributed by atoms with E-state index in [9.17, 15) is 8.42 Å². The van der Waals surface area contributed by atoms with Crippen LogP contribution in [-0.2, 0) is 15.3 Å². The van der Waals surface area contributed by atoms with E-state index in [0.29, 0.717) is 5.75 Å². The molecule has 0 saturated heterocycles. The molecule has 0 aliphatic heterocycles. The fraction of sp³-hybridized carbons (Fsp3) is 0.250. The topological polar surface area (TPSA) is 52.6 Å². The second-order valence-corrected chi connectivity index (χ2v) is 11.7. The van der Waals surface area contributed by atoms with Crippen molar-refractivity contribution < 1.29 is 17.9 Å². The van der Waals surface area contributed by atoms with Crippen LogP contribution in [0.3, 0.4) is 0 Å². The van der Waals surface area contributed by atoms with E-state index >= 15 is 0 Å². The van der Waals surface area contributed by atoms with Crippen LogP contribution in [0.15, 0.2) is 107 Å². The van der Waals surface area contributed by atoms with Crippen molar-refractivity contribution in [1.82, 2.24) is 0 Å². The molecule has 0 radical (unpaired) electrons. The van der Waals surface area contributed by atoms with Gasteiger partial charge in [-0.25, -0.2) is 8.42 Å². The van der Waals surface area contributed by atoms with E-state index in [0.717, 1.165) is 29.9 Å². The highest BCUT2D eigenvalue weighted by atomic mass is 32.2. The molecule has 0 spiro atoms. The molecule has 1 saturated carbocycles. The highest BCUT2D eigenvalue weighted by Gasteiger charge is 2.35. The van der Waals surface area contributed by atoms with Crippen molar-refractivity contribution in [2.24, 2.45) is 0 Å². The number of ether oxygens (including phenoxy) is 2. The summed E-state index contributed by atoms with van der Waals surface area (Å²) in [6.07, 6.45) is 5.94. The van der Waals surface area contributed by atoms with E-state index < -0.39 is 9.84 Å². The van der Waals surface area contributed by atoms with Gasteiger partial charge in [-0.05, 0) is 91.6 Å². The van der Waals surface area contributed by atoms with Crippen molar-refractivity contribution in [2.75, 3.05) is 7.11 Å². The van der Waals surface area contributed by atoms with Gasteiger partial charge < -0.3 is 9.47 Å². The molecule has 37 heavy (non-hydrogen) atoms. The maximum absolute atomic E-state index is 12.9. The van der Waals surface area contributed by atoms with Crippen molar-refractivity contribution in [3.63, 3.8) is 0 Å². The lowest BCUT2D eigenvalue weighted by Crippen LogP contribution is -2.30. The van der Waals surface area contributed by atoms with E-state index in [2.05, 4.69) is 24.3 Å². The first-order valence-corrected chi connectivity index (χ1v) is 14.2. The Morgan fingerprint density at radius 3 is 1.51 bits per heavy atom. The van der Waals surface area contributed by atoms with Crippen LogP contribution in [-0.4, -0.2) is 15.5 Å². The molecular formula is C32H32O4S. The molecule has 4 aromatic rings. The zero-order valence-electron chi connectivity index (χ0n) is 21.3. The summed E-state index contributed by atoms with van der Waals surface area (Å²) < 4.78 is 37.3. The highest BCUT2D eigenvalue weighted by Crippen LogP contribution is 2.45. The predicted octanol–water partition coefficient (Wildman–Crippen LogP) is 7.88. The Kier molecular flexibility index (Phi) is 7.07. The molecule has 0 N–H and O–H groups in total. The van der Waals surface area contributed by atoms with Crippen molar-refractivity contribution in [1.29, 1.82) is 0 Å². The Labute approximate surface area is 219 Å². The quantitative estimate of drug-likeness (QED) is 0.253. The largest absolute Gasteiger partial charge is 0.497 e. The molecular weight excluding hydrogens is 480 g/mol. The first-order valence-electron chi connectivity index (χ1n) is 12.8.